The molecule has 0 saturated carbocycles. The second-order valence-electron chi connectivity index (χ2n) is 5.17. The van der Waals surface area contributed by atoms with Crippen molar-refractivity contribution in [2.45, 2.75) is 6.92 Å². The van der Waals surface area contributed by atoms with Crippen LogP contribution < -0.4 is 10.2 Å². The minimum absolute atomic E-state index is 0.0311. The van der Waals surface area contributed by atoms with Crippen LogP contribution in [0.2, 0.25) is 5.02 Å². The van der Waals surface area contributed by atoms with Crippen molar-refractivity contribution in [2.24, 2.45) is 0 Å². The summed E-state index contributed by atoms with van der Waals surface area (Å²) in [6.07, 6.45) is 0. The van der Waals surface area contributed by atoms with Crippen molar-refractivity contribution in [3.05, 3.63) is 69.6 Å². The van der Waals surface area contributed by atoms with E-state index in [2.05, 4.69) is 5.32 Å². The maximum Gasteiger partial charge on any atom is 0.283 e. The molecule has 1 heterocycles. The maximum absolute atomic E-state index is 13.3. The Labute approximate surface area is 147 Å². The van der Waals surface area contributed by atoms with Gasteiger partial charge < -0.3 is 5.32 Å². The number of anilines is 2. The third kappa shape index (κ3) is 2.77. The number of hydrogen-bond acceptors (Lipinski definition) is 3. The number of benzene rings is 2. The van der Waals surface area contributed by atoms with Crippen LogP contribution in [0.4, 0.5) is 15.8 Å². The first-order chi connectivity index (χ1) is 11.4. The van der Waals surface area contributed by atoms with Crippen molar-refractivity contribution >= 4 is 46.4 Å². The highest BCUT2D eigenvalue weighted by Gasteiger charge is 2.39. The van der Waals surface area contributed by atoms with Gasteiger partial charge in [-0.15, -0.1) is 0 Å². The summed E-state index contributed by atoms with van der Waals surface area (Å²) < 4.78 is 13.3. The van der Waals surface area contributed by atoms with Crippen molar-refractivity contribution in [1.82, 2.24) is 0 Å². The first kappa shape index (κ1) is 16.5. The van der Waals surface area contributed by atoms with Crippen LogP contribution in [0.1, 0.15) is 5.56 Å². The third-order valence-corrected chi connectivity index (χ3v) is 4.23. The first-order valence-electron chi connectivity index (χ1n) is 6.96. The number of nitrogens with zero attached hydrogens (tertiary/aromatic N) is 1. The van der Waals surface area contributed by atoms with Gasteiger partial charge in [0.2, 0.25) is 0 Å². The van der Waals surface area contributed by atoms with Gasteiger partial charge in [-0.1, -0.05) is 41.4 Å². The second-order valence-corrected chi connectivity index (χ2v) is 5.96. The van der Waals surface area contributed by atoms with Gasteiger partial charge in [-0.2, -0.15) is 0 Å². The van der Waals surface area contributed by atoms with Gasteiger partial charge in [-0.25, -0.2) is 9.29 Å². The summed E-state index contributed by atoms with van der Waals surface area (Å²) >= 11 is 11.8. The minimum Gasteiger partial charge on any atom is -0.349 e. The Balaban J connectivity index is 1.95. The average Bonchev–Trinajstić information content (AvgIpc) is 2.76. The SMILES string of the molecule is Cc1ccccc1NC1=C(Cl)C(=O)N(c2ccc(F)c(Cl)c2)C1=O. The van der Waals surface area contributed by atoms with E-state index in [1.165, 1.54) is 12.1 Å². The van der Waals surface area contributed by atoms with E-state index in [1.807, 2.05) is 19.1 Å². The van der Waals surface area contributed by atoms with E-state index in [1.54, 1.807) is 12.1 Å². The zero-order valence-electron chi connectivity index (χ0n) is 12.4. The maximum atomic E-state index is 13.3. The second kappa shape index (κ2) is 6.26. The van der Waals surface area contributed by atoms with E-state index >= 15 is 0 Å². The van der Waals surface area contributed by atoms with Crippen LogP contribution in [0.25, 0.3) is 0 Å². The molecule has 4 nitrogen and oxygen atoms in total. The molecule has 0 radical (unpaired) electrons. The van der Waals surface area contributed by atoms with E-state index in [0.29, 0.717) is 5.69 Å². The molecule has 0 aromatic heterocycles. The van der Waals surface area contributed by atoms with E-state index in [-0.39, 0.29) is 21.4 Å². The van der Waals surface area contributed by atoms with Gasteiger partial charge in [0.1, 0.15) is 16.5 Å². The molecule has 1 aliphatic rings. The molecule has 0 aliphatic carbocycles. The summed E-state index contributed by atoms with van der Waals surface area (Å²) in [7, 11) is 0. The molecular weight excluding hydrogens is 354 g/mol. The number of para-hydroxylation sites is 1. The van der Waals surface area contributed by atoms with Gasteiger partial charge >= 0.3 is 0 Å². The number of carbonyl (C=O) groups is 2. The molecule has 1 aliphatic heterocycles. The predicted octanol–water partition coefficient (Wildman–Crippen LogP) is 4.22. The van der Waals surface area contributed by atoms with E-state index in [9.17, 15) is 14.0 Å². The number of carbonyl (C=O) groups excluding carboxylic acids is 2. The lowest BCUT2D eigenvalue weighted by atomic mass is 10.2. The van der Waals surface area contributed by atoms with Gasteiger partial charge in [-0.3, -0.25) is 9.59 Å². The number of hydrogen-bond donors (Lipinski definition) is 1. The molecule has 2 aromatic carbocycles. The van der Waals surface area contributed by atoms with Crippen LogP contribution >= 0.6 is 23.2 Å². The lowest BCUT2D eigenvalue weighted by Crippen LogP contribution is -2.32. The Morgan fingerprint density at radius 1 is 1.04 bits per heavy atom. The zero-order valence-corrected chi connectivity index (χ0v) is 14.0. The smallest absolute Gasteiger partial charge is 0.283 e. The fraction of sp³-hybridized carbons (Fsp3) is 0.0588. The Bertz CT molecular complexity index is 896. The summed E-state index contributed by atoms with van der Waals surface area (Å²) in [5.74, 6) is -1.96. The van der Waals surface area contributed by atoms with E-state index in [4.69, 9.17) is 23.2 Å². The van der Waals surface area contributed by atoms with Gasteiger partial charge in [0.15, 0.2) is 0 Å². The molecule has 122 valence electrons. The largest absolute Gasteiger partial charge is 0.349 e. The molecule has 2 aromatic rings. The normalized spacial score (nSPS) is 14.6. The fourth-order valence-corrected chi connectivity index (χ4v) is 2.71. The molecule has 0 bridgehead atoms. The molecule has 1 N–H and O–H groups in total. The van der Waals surface area contributed by atoms with Crippen molar-refractivity contribution in [3.8, 4) is 0 Å². The summed E-state index contributed by atoms with van der Waals surface area (Å²) in [5, 5.41) is 2.47. The van der Waals surface area contributed by atoms with Crippen molar-refractivity contribution in [1.29, 1.82) is 0 Å². The van der Waals surface area contributed by atoms with E-state index < -0.39 is 17.6 Å². The van der Waals surface area contributed by atoms with Crippen LogP contribution in [-0.4, -0.2) is 11.8 Å². The minimum atomic E-state index is -0.694. The number of aryl methyl sites for hydroxylation is 1. The van der Waals surface area contributed by atoms with Crippen molar-refractivity contribution in [2.75, 3.05) is 10.2 Å². The lowest BCUT2D eigenvalue weighted by molar-refractivity contribution is -0.120. The van der Waals surface area contributed by atoms with Crippen LogP contribution in [-0.2, 0) is 9.59 Å². The number of amides is 2. The van der Waals surface area contributed by atoms with E-state index in [0.717, 1.165) is 16.5 Å². The highest BCUT2D eigenvalue weighted by Crippen LogP contribution is 2.32. The Morgan fingerprint density at radius 3 is 2.42 bits per heavy atom. The van der Waals surface area contributed by atoms with Crippen LogP contribution in [0.3, 0.4) is 0 Å². The Kier molecular flexibility index (Phi) is 4.30. The van der Waals surface area contributed by atoms with Crippen LogP contribution in [0, 0.1) is 12.7 Å². The number of nitrogens with one attached hydrogen (secondary N) is 1. The molecule has 7 heteroatoms. The zero-order chi connectivity index (χ0) is 17.4. The fourth-order valence-electron chi connectivity index (χ4n) is 2.32. The van der Waals surface area contributed by atoms with Crippen molar-refractivity contribution < 1.29 is 14.0 Å². The van der Waals surface area contributed by atoms with Crippen LogP contribution in [0.5, 0.6) is 0 Å². The Morgan fingerprint density at radius 2 is 1.75 bits per heavy atom. The summed E-state index contributed by atoms with van der Waals surface area (Å²) in [6, 6.07) is 10.8. The Hall–Kier alpha value is -2.37. The third-order valence-electron chi connectivity index (χ3n) is 3.59. The quantitative estimate of drug-likeness (QED) is 0.829. The summed E-state index contributed by atoms with van der Waals surface area (Å²) in [5.41, 5.74) is 1.66. The molecule has 2 amide bonds. The lowest BCUT2D eigenvalue weighted by Gasteiger charge is -2.16. The number of halogens is 3. The molecule has 24 heavy (non-hydrogen) atoms. The number of imide groups is 1. The highest BCUT2D eigenvalue weighted by atomic mass is 35.5. The molecular formula is C17H11Cl2FN2O2. The predicted molar refractivity (Wildman–Crippen MR) is 91.6 cm³/mol. The highest BCUT2D eigenvalue weighted by molar-refractivity contribution is 6.53. The summed E-state index contributed by atoms with van der Waals surface area (Å²) in [4.78, 5) is 25.8. The van der Waals surface area contributed by atoms with Crippen molar-refractivity contribution in [3.63, 3.8) is 0 Å². The number of rotatable bonds is 3. The first-order valence-corrected chi connectivity index (χ1v) is 7.72. The molecule has 0 atom stereocenters. The monoisotopic (exact) mass is 364 g/mol. The molecule has 0 unspecified atom stereocenters. The molecule has 0 spiro atoms. The van der Waals surface area contributed by atoms with Crippen LogP contribution in [0.15, 0.2) is 53.2 Å². The standard InChI is InChI=1S/C17H11Cl2FN2O2/c1-9-4-2-3-5-13(9)21-15-14(19)16(23)22(17(15)24)10-6-7-12(20)11(18)8-10/h2-8,21H,1H3. The van der Waals surface area contributed by atoms with Gasteiger partial charge in [0.05, 0.1) is 10.7 Å². The molecule has 3 rings (SSSR count). The summed E-state index contributed by atoms with van der Waals surface area (Å²) in [6.45, 7) is 1.86. The van der Waals surface area contributed by atoms with Gasteiger partial charge in [0.25, 0.3) is 11.8 Å². The molecule has 0 fully saturated rings. The average molecular weight is 365 g/mol. The van der Waals surface area contributed by atoms with Gasteiger partial charge in [0, 0.05) is 5.69 Å². The molecule has 0 saturated heterocycles. The van der Waals surface area contributed by atoms with Gasteiger partial charge in [-0.05, 0) is 36.8 Å². The topological polar surface area (TPSA) is 49.4 Å².